The van der Waals surface area contributed by atoms with Gasteiger partial charge in [-0.25, -0.2) is 8.42 Å². The molecule has 0 aliphatic carbocycles. The van der Waals surface area contributed by atoms with Gasteiger partial charge in [0.1, 0.15) is 5.75 Å². The minimum Gasteiger partial charge on any atom is -0.428 e. The van der Waals surface area contributed by atoms with Crippen LogP contribution in [0.3, 0.4) is 0 Å². The van der Waals surface area contributed by atoms with E-state index in [1.54, 1.807) is 71.5 Å². The van der Waals surface area contributed by atoms with Crippen LogP contribution in [0.4, 0.5) is 0 Å². The van der Waals surface area contributed by atoms with Crippen molar-refractivity contribution in [2.75, 3.05) is 0 Å². The van der Waals surface area contributed by atoms with Crippen LogP contribution in [0.1, 0.15) is 5.56 Å². The van der Waals surface area contributed by atoms with Crippen molar-refractivity contribution >= 4 is 32.8 Å². The standard InChI is InChI=1S/C13H11IO3S/c1-10-2-6-12(7-3-10)18(15,16)13-8-4-11(17-14)5-9-13/h2-9H,1H3. The maximum Gasteiger partial charge on any atom is 0.206 e. The molecule has 0 N–H and O–H groups in total. The highest BCUT2D eigenvalue weighted by atomic mass is 127. The molecule has 0 aromatic heterocycles. The second-order valence-electron chi connectivity index (χ2n) is 3.87. The van der Waals surface area contributed by atoms with E-state index in [1.165, 1.54) is 0 Å². The Hall–Kier alpha value is -1.08. The highest BCUT2D eigenvalue weighted by molar-refractivity contribution is 14.1. The number of halogens is 1. The van der Waals surface area contributed by atoms with E-state index in [9.17, 15) is 8.42 Å². The minimum absolute atomic E-state index is 0.267. The molecule has 5 heteroatoms. The molecular formula is C13H11IO3S. The molecule has 0 fully saturated rings. The Morgan fingerprint density at radius 3 is 1.78 bits per heavy atom. The van der Waals surface area contributed by atoms with Gasteiger partial charge < -0.3 is 3.07 Å². The van der Waals surface area contributed by atoms with E-state index >= 15 is 0 Å². The zero-order chi connectivity index (χ0) is 13.2. The lowest BCUT2D eigenvalue weighted by atomic mass is 10.2. The van der Waals surface area contributed by atoms with Crippen LogP contribution in [0.25, 0.3) is 0 Å². The lowest BCUT2D eigenvalue weighted by molar-refractivity contribution is 0.596. The van der Waals surface area contributed by atoms with Crippen molar-refractivity contribution in [3.63, 3.8) is 0 Å². The van der Waals surface area contributed by atoms with Crippen LogP contribution in [0.5, 0.6) is 5.75 Å². The van der Waals surface area contributed by atoms with Crippen molar-refractivity contribution < 1.29 is 11.5 Å². The van der Waals surface area contributed by atoms with E-state index in [0.29, 0.717) is 10.6 Å². The molecule has 0 amide bonds. The molecule has 0 unspecified atom stereocenters. The quantitative estimate of drug-likeness (QED) is 0.772. The molecule has 0 heterocycles. The van der Waals surface area contributed by atoms with Crippen molar-refractivity contribution in [1.29, 1.82) is 0 Å². The molecule has 0 saturated carbocycles. The molecule has 0 saturated heterocycles. The molecule has 94 valence electrons. The van der Waals surface area contributed by atoms with Crippen LogP contribution in [0.2, 0.25) is 0 Å². The zero-order valence-electron chi connectivity index (χ0n) is 9.63. The summed E-state index contributed by atoms with van der Waals surface area (Å²) >= 11 is 1.75. The monoisotopic (exact) mass is 374 g/mol. The maximum absolute atomic E-state index is 12.3. The summed E-state index contributed by atoms with van der Waals surface area (Å²) in [6.45, 7) is 1.92. The second-order valence-corrected chi connectivity index (χ2v) is 6.26. The first-order valence-electron chi connectivity index (χ1n) is 5.24. The Morgan fingerprint density at radius 1 is 0.889 bits per heavy atom. The lowest BCUT2D eigenvalue weighted by Crippen LogP contribution is -2.01. The number of hydrogen-bond donors (Lipinski definition) is 0. The topological polar surface area (TPSA) is 43.4 Å². The fourth-order valence-corrected chi connectivity index (χ4v) is 3.08. The average Bonchev–Trinajstić information content (AvgIpc) is 2.39. The van der Waals surface area contributed by atoms with Gasteiger partial charge in [0.2, 0.25) is 9.84 Å². The summed E-state index contributed by atoms with van der Waals surface area (Å²) in [7, 11) is -3.44. The molecule has 2 rings (SSSR count). The Bertz CT molecular complexity index is 631. The number of rotatable bonds is 3. The van der Waals surface area contributed by atoms with Gasteiger partial charge in [0, 0.05) is 0 Å². The summed E-state index contributed by atoms with van der Waals surface area (Å²) in [5.74, 6) is 0.624. The van der Waals surface area contributed by atoms with Gasteiger partial charge in [0.25, 0.3) is 0 Å². The largest absolute Gasteiger partial charge is 0.428 e. The number of hydrogen-bond acceptors (Lipinski definition) is 3. The molecule has 2 aromatic carbocycles. The van der Waals surface area contributed by atoms with Crippen LogP contribution in [0, 0.1) is 6.92 Å². The van der Waals surface area contributed by atoms with Crippen molar-refractivity contribution in [3.05, 3.63) is 54.1 Å². The van der Waals surface area contributed by atoms with Crippen molar-refractivity contribution in [3.8, 4) is 5.75 Å². The number of aryl methyl sites for hydroxylation is 1. The normalized spacial score (nSPS) is 11.2. The third kappa shape index (κ3) is 2.67. The summed E-state index contributed by atoms with van der Waals surface area (Å²) in [5, 5.41) is 0. The summed E-state index contributed by atoms with van der Waals surface area (Å²) in [4.78, 5) is 0.569. The molecule has 0 radical (unpaired) electrons. The van der Waals surface area contributed by atoms with Gasteiger partial charge in [0.05, 0.1) is 9.79 Å². The highest BCUT2D eigenvalue weighted by Gasteiger charge is 2.17. The first-order chi connectivity index (χ1) is 8.54. The van der Waals surface area contributed by atoms with Gasteiger partial charge in [-0.2, -0.15) is 0 Å². The van der Waals surface area contributed by atoms with E-state index < -0.39 is 9.84 Å². The summed E-state index contributed by atoms with van der Waals surface area (Å²) < 4.78 is 29.6. The minimum atomic E-state index is -3.44. The lowest BCUT2D eigenvalue weighted by Gasteiger charge is -2.05. The smallest absolute Gasteiger partial charge is 0.206 e. The molecule has 3 nitrogen and oxygen atoms in total. The molecule has 2 aromatic rings. The molecule has 0 bridgehead atoms. The Morgan fingerprint density at radius 2 is 1.33 bits per heavy atom. The molecule has 18 heavy (non-hydrogen) atoms. The van der Waals surface area contributed by atoms with Gasteiger partial charge >= 0.3 is 0 Å². The Labute approximate surface area is 120 Å². The first-order valence-corrected chi connectivity index (χ1v) is 7.61. The number of sulfone groups is 1. The molecular weight excluding hydrogens is 363 g/mol. The Balaban J connectivity index is 2.44. The van der Waals surface area contributed by atoms with E-state index in [2.05, 4.69) is 0 Å². The van der Waals surface area contributed by atoms with Gasteiger partial charge in [0.15, 0.2) is 23.0 Å². The van der Waals surface area contributed by atoms with Gasteiger partial charge in [-0.1, -0.05) is 17.7 Å². The van der Waals surface area contributed by atoms with Gasteiger partial charge in [-0.15, -0.1) is 0 Å². The predicted molar refractivity (Wildman–Crippen MR) is 77.7 cm³/mol. The molecule has 0 spiro atoms. The van der Waals surface area contributed by atoms with Gasteiger partial charge in [-0.3, -0.25) is 0 Å². The Kier molecular flexibility index (Phi) is 3.91. The third-order valence-corrected chi connectivity index (χ3v) is 4.85. The van der Waals surface area contributed by atoms with Gasteiger partial charge in [-0.05, 0) is 43.3 Å². The van der Waals surface area contributed by atoms with Crippen LogP contribution in [-0.4, -0.2) is 8.42 Å². The van der Waals surface area contributed by atoms with E-state index in [1.807, 2.05) is 6.92 Å². The summed E-state index contributed by atoms with van der Waals surface area (Å²) in [6, 6.07) is 13.2. The van der Waals surface area contributed by atoms with E-state index in [4.69, 9.17) is 3.07 Å². The van der Waals surface area contributed by atoms with Crippen molar-refractivity contribution in [2.24, 2.45) is 0 Å². The van der Waals surface area contributed by atoms with Crippen LogP contribution in [0.15, 0.2) is 58.3 Å². The highest BCUT2D eigenvalue weighted by Crippen LogP contribution is 2.23. The summed E-state index contributed by atoms with van der Waals surface area (Å²) in [5.41, 5.74) is 1.03. The van der Waals surface area contributed by atoms with Crippen LogP contribution in [-0.2, 0) is 9.84 Å². The van der Waals surface area contributed by atoms with Crippen molar-refractivity contribution in [2.45, 2.75) is 16.7 Å². The fourth-order valence-electron chi connectivity index (χ4n) is 1.52. The third-order valence-electron chi connectivity index (χ3n) is 2.55. The predicted octanol–water partition coefficient (Wildman–Crippen LogP) is 3.56. The second kappa shape index (κ2) is 5.27. The molecule has 0 atom stereocenters. The fraction of sp³-hybridized carbons (Fsp3) is 0.0769. The maximum atomic E-state index is 12.3. The molecule has 0 aliphatic rings. The number of benzene rings is 2. The summed E-state index contributed by atoms with van der Waals surface area (Å²) in [6.07, 6.45) is 0. The van der Waals surface area contributed by atoms with Crippen molar-refractivity contribution in [1.82, 2.24) is 0 Å². The zero-order valence-corrected chi connectivity index (χ0v) is 12.6. The average molecular weight is 374 g/mol. The molecule has 0 aliphatic heterocycles. The van der Waals surface area contributed by atoms with Crippen LogP contribution < -0.4 is 3.07 Å². The first kappa shape index (κ1) is 13.4. The van der Waals surface area contributed by atoms with E-state index in [0.717, 1.165) is 5.56 Å². The SMILES string of the molecule is Cc1ccc(S(=O)(=O)c2ccc(OI)cc2)cc1. The van der Waals surface area contributed by atoms with E-state index in [-0.39, 0.29) is 4.90 Å². The van der Waals surface area contributed by atoms with Crippen LogP contribution >= 0.6 is 23.0 Å².